The van der Waals surface area contributed by atoms with Gasteiger partial charge in [-0.05, 0) is 42.8 Å². The van der Waals surface area contributed by atoms with Crippen LogP contribution in [0.4, 0.5) is 5.69 Å². The van der Waals surface area contributed by atoms with E-state index in [1.807, 2.05) is 35.7 Å². The van der Waals surface area contributed by atoms with Crippen LogP contribution in [0.3, 0.4) is 0 Å². The number of amides is 1. The van der Waals surface area contributed by atoms with Crippen molar-refractivity contribution < 1.29 is 9.59 Å². The Morgan fingerprint density at radius 3 is 2.68 bits per heavy atom. The van der Waals surface area contributed by atoms with Crippen molar-refractivity contribution in [3.05, 3.63) is 54.2 Å². The van der Waals surface area contributed by atoms with Gasteiger partial charge in [-0.2, -0.15) is 0 Å². The van der Waals surface area contributed by atoms with Crippen molar-refractivity contribution in [2.45, 2.75) is 24.9 Å². The molecule has 0 atom stereocenters. The number of fused-ring (bicyclic) bond motifs is 1. The first-order valence-corrected chi connectivity index (χ1v) is 9.01. The van der Waals surface area contributed by atoms with Crippen molar-refractivity contribution in [2.24, 2.45) is 0 Å². The lowest BCUT2D eigenvalue weighted by molar-refractivity contribution is -0.116. The van der Waals surface area contributed by atoms with Gasteiger partial charge in [0.2, 0.25) is 5.91 Å². The van der Waals surface area contributed by atoms with E-state index in [1.165, 1.54) is 11.8 Å². The molecular formula is C18H18N4O2S. The van der Waals surface area contributed by atoms with E-state index >= 15 is 0 Å². The Bertz CT molecular complexity index is 889. The monoisotopic (exact) mass is 354 g/mol. The maximum atomic E-state index is 12.3. The van der Waals surface area contributed by atoms with Crippen molar-refractivity contribution in [1.29, 1.82) is 0 Å². The fourth-order valence-electron chi connectivity index (χ4n) is 2.32. The molecule has 1 N–H and O–H groups in total. The highest BCUT2D eigenvalue weighted by Gasteiger charge is 2.11. The second-order valence-electron chi connectivity index (χ2n) is 5.50. The summed E-state index contributed by atoms with van der Waals surface area (Å²) < 4.78 is 1.85. The molecule has 0 saturated heterocycles. The van der Waals surface area contributed by atoms with Gasteiger partial charge in [-0.1, -0.05) is 24.8 Å². The summed E-state index contributed by atoms with van der Waals surface area (Å²) in [6, 6.07) is 12.6. The summed E-state index contributed by atoms with van der Waals surface area (Å²) in [5, 5.41) is 11.7. The molecule has 0 unspecified atom stereocenters. The Hall–Kier alpha value is -2.67. The number of pyridine rings is 1. The zero-order valence-corrected chi connectivity index (χ0v) is 14.6. The minimum absolute atomic E-state index is 0.00381. The van der Waals surface area contributed by atoms with Gasteiger partial charge in [-0.15, -0.1) is 10.2 Å². The van der Waals surface area contributed by atoms with Gasteiger partial charge in [0.15, 0.2) is 16.6 Å². The molecule has 1 amide bonds. The molecule has 128 valence electrons. The molecule has 0 aliphatic heterocycles. The Morgan fingerprint density at radius 2 is 1.92 bits per heavy atom. The highest BCUT2D eigenvalue weighted by atomic mass is 32.2. The predicted molar refractivity (Wildman–Crippen MR) is 98.0 cm³/mol. The van der Waals surface area contributed by atoms with Crippen molar-refractivity contribution in [2.75, 3.05) is 11.1 Å². The minimum Gasteiger partial charge on any atom is -0.326 e. The zero-order chi connectivity index (χ0) is 17.6. The van der Waals surface area contributed by atoms with Gasteiger partial charge in [0.05, 0.1) is 5.75 Å². The zero-order valence-electron chi connectivity index (χ0n) is 13.8. The second kappa shape index (κ2) is 7.94. The van der Waals surface area contributed by atoms with E-state index in [0.717, 1.165) is 12.1 Å². The average Bonchev–Trinajstić information content (AvgIpc) is 3.04. The molecule has 0 spiro atoms. The predicted octanol–water partition coefficient (Wildman–Crippen LogP) is 3.44. The Kier molecular flexibility index (Phi) is 5.45. The summed E-state index contributed by atoms with van der Waals surface area (Å²) in [4.78, 5) is 23.9. The molecule has 25 heavy (non-hydrogen) atoms. The summed E-state index contributed by atoms with van der Waals surface area (Å²) in [5.41, 5.74) is 2.06. The van der Waals surface area contributed by atoms with Crippen LogP contribution in [0.25, 0.3) is 5.65 Å². The quantitative estimate of drug-likeness (QED) is 0.519. The van der Waals surface area contributed by atoms with E-state index in [9.17, 15) is 9.59 Å². The molecule has 3 aromatic rings. The molecule has 0 fully saturated rings. The number of carbonyl (C=O) groups is 2. The molecule has 7 heteroatoms. The van der Waals surface area contributed by atoms with Crippen LogP contribution in [-0.2, 0) is 4.79 Å². The topological polar surface area (TPSA) is 76.4 Å². The number of anilines is 1. The molecule has 0 aliphatic rings. The lowest BCUT2D eigenvalue weighted by atomic mass is 10.1. The molecule has 0 saturated carbocycles. The molecule has 0 aliphatic carbocycles. The second-order valence-corrected chi connectivity index (χ2v) is 6.44. The molecule has 2 aromatic heterocycles. The number of aromatic nitrogens is 3. The van der Waals surface area contributed by atoms with Gasteiger partial charge in [0.1, 0.15) is 0 Å². The van der Waals surface area contributed by atoms with Crippen LogP contribution in [0.15, 0.2) is 53.8 Å². The van der Waals surface area contributed by atoms with Gasteiger partial charge < -0.3 is 5.32 Å². The van der Waals surface area contributed by atoms with Crippen LogP contribution in [0, 0.1) is 0 Å². The number of nitrogens with zero attached hydrogens (tertiary/aromatic N) is 3. The van der Waals surface area contributed by atoms with E-state index < -0.39 is 0 Å². The van der Waals surface area contributed by atoms with Crippen LogP contribution < -0.4 is 5.32 Å². The third-order valence-electron chi connectivity index (χ3n) is 3.58. The maximum Gasteiger partial charge on any atom is 0.224 e. The molecule has 1 aromatic carbocycles. The van der Waals surface area contributed by atoms with E-state index in [1.54, 1.807) is 24.3 Å². The summed E-state index contributed by atoms with van der Waals surface area (Å²) in [7, 11) is 0. The number of hydrogen-bond acceptors (Lipinski definition) is 5. The number of hydrogen-bond donors (Lipinski definition) is 1. The fourth-order valence-corrected chi connectivity index (χ4v) is 3.14. The molecule has 6 nitrogen and oxygen atoms in total. The van der Waals surface area contributed by atoms with Crippen molar-refractivity contribution in [3.63, 3.8) is 0 Å². The number of carbonyl (C=O) groups excluding carboxylic acids is 2. The minimum atomic E-state index is -0.0178. The number of Topliss-reactive ketones (excluding diaryl/α,β-unsaturated/α-hetero) is 1. The molecule has 0 radical (unpaired) electrons. The van der Waals surface area contributed by atoms with E-state index in [2.05, 4.69) is 15.5 Å². The lowest BCUT2D eigenvalue weighted by Crippen LogP contribution is -2.11. The van der Waals surface area contributed by atoms with Crippen LogP contribution in [0.2, 0.25) is 0 Å². The van der Waals surface area contributed by atoms with Gasteiger partial charge in [0, 0.05) is 23.9 Å². The van der Waals surface area contributed by atoms with Crippen LogP contribution in [-0.4, -0.2) is 32.0 Å². The van der Waals surface area contributed by atoms with Gasteiger partial charge in [0.25, 0.3) is 0 Å². The van der Waals surface area contributed by atoms with Crippen molar-refractivity contribution in [1.82, 2.24) is 14.6 Å². The SMILES string of the molecule is CCCC(=O)Nc1ccc(C(=O)CSc2nnc3ccccn23)cc1. The first-order valence-electron chi connectivity index (χ1n) is 8.03. The lowest BCUT2D eigenvalue weighted by Gasteiger charge is -2.05. The molecule has 2 heterocycles. The maximum absolute atomic E-state index is 12.3. The van der Waals surface area contributed by atoms with Gasteiger partial charge in [-0.3, -0.25) is 14.0 Å². The number of nitrogens with one attached hydrogen (secondary N) is 1. The Labute approximate surface area is 149 Å². The molecule has 3 rings (SSSR count). The average molecular weight is 354 g/mol. The molecule has 0 bridgehead atoms. The van der Waals surface area contributed by atoms with Gasteiger partial charge >= 0.3 is 0 Å². The Balaban J connectivity index is 1.60. The van der Waals surface area contributed by atoms with E-state index in [0.29, 0.717) is 22.8 Å². The smallest absolute Gasteiger partial charge is 0.224 e. The number of thioether (sulfide) groups is 1. The fraction of sp³-hybridized carbons (Fsp3) is 0.222. The summed E-state index contributed by atoms with van der Waals surface area (Å²) in [6.45, 7) is 1.96. The van der Waals surface area contributed by atoms with Crippen molar-refractivity contribution >= 4 is 34.8 Å². The van der Waals surface area contributed by atoms with E-state index in [4.69, 9.17) is 0 Å². The summed E-state index contributed by atoms with van der Waals surface area (Å²) in [5.74, 6) is 0.261. The number of rotatable bonds is 7. The standard InChI is InChI=1S/C18H18N4O2S/c1-2-5-17(24)19-14-9-7-13(8-10-14)15(23)12-25-18-21-20-16-6-3-4-11-22(16)18/h3-4,6-11H,2,5,12H2,1H3,(H,19,24). The van der Waals surface area contributed by atoms with Crippen LogP contribution in [0.1, 0.15) is 30.1 Å². The third kappa shape index (κ3) is 4.24. The molecular weight excluding hydrogens is 336 g/mol. The number of ketones is 1. The largest absolute Gasteiger partial charge is 0.326 e. The number of benzene rings is 1. The third-order valence-corrected chi connectivity index (χ3v) is 4.53. The summed E-state index contributed by atoms with van der Waals surface area (Å²) in [6.07, 6.45) is 3.16. The van der Waals surface area contributed by atoms with Gasteiger partial charge in [-0.25, -0.2) is 0 Å². The van der Waals surface area contributed by atoms with E-state index in [-0.39, 0.29) is 17.4 Å². The highest BCUT2D eigenvalue weighted by molar-refractivity contribution is 7.99. The summed E-state index contributed by atoms with van der Waals surface area (Å²) >= 11 is 1.35. The first kappa shape index (κ1) is 17.2. The first-order chi connectivity index (χ1) is 12.2. The van der Waals surface area contributed by atoms with Crippen LogP contribution in [0.5, 0.6) is 0 Å². The highest BCUT2D eigenvalue weighted by Crippen LogP contribution is 2.19. The Morgan fingerprint density at radius 1 is 1.12 bits per heavy atom. The normalized spacial score (nSPS) is 10.8. The van der Waals surface area contributed by atoms with Crippen LogP contribution >= 0.6 is 11.8 Å². The van der Waals surface area contributed by atoms with Crippen molar-refractivity contribution in [3.8, 4) is 0 Å².